The van der Waals surface area contributed by atoms with E-state index in [1.165, 1.54) is 0 Å². The quantitative estimate of drug-likeness (QED) is 0.183. The first-order valence-corrected chi connectivity index (χ1v) is 16.6. The largest absolute Gasteiger partial charge is 0.455 e. The molecule has 3 aromatic heterocycles. The van der Waals surface area contributed by atoms with E-state index in [0.717, 1.165) is 110 Å². The Bertz CT molecular complexity index is 3040. The first-order valence-electron chi connectivity index (χ1n) is 16.6. The van der Waals surface area contributed by atoms with Gasteiger partial charge >= 0.3 is 0 Å². The van der Waals surface area contributed by atoms with Crippen molar-refractivity contribution in [3.63, 3.8) is 0 Å². The van der Waals surface area contributed by atoms with Gasteiger partial charge in [0.25, 0.3) is 0 Å². The van der Waals surface area contributed by atoms with Crippen LogP contribution in [0.25, 0.3) is 110 Å². The third-order valence-corrected chi connectivity index (χ3v) is 10.1. The van der Waals surface area contributed by atoms with Crippen LogP contribution < -0.4 is 0 Å². The maximum atomic E-state index is 7.04. The van der Waals surface area contributed by atoms with Crippen LogP contribution in [0.1, 0.15) is 0 Å². The van der Waals surface area contributed by atoms with E-state index in [1.807, 2.05) is 24.3 Å². The van der Waals surface area contributed by atoms with Gasteiger partial charge in [-0.05, 0) is 51.4 Å². The number of furan rings is 3. The van der Waals surface area contributed by atoms with Crippen molar-refractivity contribution in [2.75, 3.05) is 0 Å². The molecule has 3 heterocycles. The summed E-state index contributed by atoms with van der Waals surface area (Å²) in [6, 6.07) is 55.2. The minimum atomic E-state index is 0.796. The van der Waals surface area contributed by atoms with Gasteiger partial charge in [0.05, 0.1) is 5.39 Å². The molecule has 3 heteroatoms. The van der Waals surface area contributed by atoms with Gasteiger partial charge in [-0.1, -0.05) is 133 Å². The van der Waals surface area contributed by atoms with Gasteiger partial charge in [-0.2, -0.15) is 0 Å². The first-order chi connectivity index (χ1) is 24.3. The van der Waals surface area contributed by atoms with Crippen LogP contribution in [0.15, 0.2) is 171 Å². The molecule has 0 unspecified atom stereocenters. The molecule has 228 valence electrons. The number of benzene rings is 8. The number of hydrogen-bond acceptors (Lipinski definition) is 3. The molecule has 0 aliphatic carbocycles. The molecular weight excluding hydrogens is 601 g/mol. The summed E-state index contributed by atoms with van der Waals surface area (Å²) in [5, 5.41) is 9.90. The highest BCUT2D eigenvalue weighted by atomic mass is 16.3. The second-order valence-corrected chi connectivity index (χ2v) is 12.7. The van der Waals surface area contributed by atoms with E-state index in [0.29, 0.717) is 0 Å². The normalized spacial score (nSPS) is 12.1. The summed E-state index contributed by atoms with van der Waals surface area (Å²) in [6.45, 7) is 0. The van der Waals surface area contributed by atoms with E-state index in [2.05, 4.69) is 133 Å². The van der Waals surface area contributed by atoms with Crippen molar-refractivity contribution in [3.8, 4) is 33.6 Å². The molecule has 0 aliphatic heterocycles. The summed E-state index contributed by atoms with van der Waals surface area (Å²) in [5.74, 6) is 0.829. The Morgan fingerprint density at radius 2 is 0.796 bits per heavy atom. The Balaban J connectivity index is 1.31. The zero-order valence-electron chi connectivity index (χ0n) is 26.2. The van der Waals surface area contributed by atoms with Crippen LogP contribution in [0.4, 0.5) is 0 Å². The van der Waals surface area contributed by atoms with Crippen molar-refractivity contribution in [2.24, 2.45) is 0 Å². The summed E-state index contributed by atoms with van der Waals surface area (Å²) in [6.07, 6.45) is 0. The summed E-state index contributed by atoms with van der Waals surface area (Å²) in [7, 11) is 0. The van der Waals surface area contributed by atoms with Crippen LogP contribution in [-0.2, 0) is 0 Å². The van der Waals surface area contributed by atoms with Crippen molar-refractivity contribution in [1.29, 1.82) is 0 Å². The molecule has 0 saturated heterocycles. The molecule has 11 aromatic rings. The van der Waals surface area contributed by atoms with Gasteiger partial charge in [-0.15, -0.1) is 0 Å². The van der Waals surface area contributed by atoms with E-state index in [4.69, 9.17) is 13.3 Å². The zero-order chi connectivity index (χ0) is 32.1. The van der Waals surface area contributed by atoms with Crippen molar-refractivity contribution in [2.45, 2.75) is 0 Å². The number of rotatable bonds is 3. The average Bonchev–Trinajstić information content (AvgIpc) is 3.85. The minimum Gasteiger partial charge on any atom is -0.455 e. The lowest BCUT2D eigenvalue weighted by atomic mass is 9.85. The average molecular weight is 627 g/mol. The molecule has 0 spiro atoms. The Morgan fingerprint density at radius 3 is 1.45 bits per heavy atom. The lowest BCUT2D eigenvalue weighted by Gasteiger charge is -2.17. The smallest absolute Gasteiger partial charge is 0.147 e. The number of hydrogen-bond donors (Lipinski definition) is 0. The standard InChI is InChI=1S/C46H26O3/c1-2-13-27(14-3-1)40-43-39(26-25-35-29-16-9-11-24-38(29)48-45(35)43)49-46(40)42-32-19-6-4-17-30(32)41(31-18-5-7-20-33(31)42)36-22-12-21-34-28-15-8-10-23-37(28)47-44(34)36/h1-26H. The van der Waals surface area contributed by atoms with E-state index in [9.17, 15) is 0 Å². The molecule has 0 fully saturated rings. The van der Waals surface area contributed by atoms with Gasteiger partial charge in [0.15, 0.2) is 0 Å². The Morgan fingerprint density at radius 1 is 0.286 bits per heavy atom. The van der Waals surface area contributed by atoms with Crippen molar-refractivity contribution < 1.29 is 13.3 Å². The van der Waals surface area contributed by atoms with E-state index < -0.39 is 0 Å². The monoisotopic (exact) mass is 626 g/mol. The maximum Gasteiger partial charge on any atom is 0.147 e. The Hall–Kier alpha value is -6.58. The SMILES string of the molecule is c1ccc(-c2c(-c3c4ccccc4c(-c4cccc5c4oc4ccccc45)c4ccccc34)oc3ccc4c5ccccc5oc4c23)cc1. The Labute approximate surface area is 280 Å². The molecule has 0 amide bonds. The van der Waals surface area contributed by atoms with Gasteiger partial charge in [0, 0.05) is 43.8 Å². The minimum absolute atomic E-state index is 0.796. The lowest BCUT2D eigenvalue weighted by Crippen LogP contribution is -1.91. The van der Waals surface area contributed by atoms with E-state index in [-0.39, 0.29) is 0 Å². The van der Waals surface area contributed by atoms with Crippen molar-refractivity contribution >= 4 is 76.4 Å². The molecule has 11 rings (SSSR count). The number of fused-ring (bicyclic) bond motifs is 10. The van der Waals surface area contributed by atoms with Crippen LogP contribution >= 0.6 is 0 Å². The summed E-state index contributed by atoms with van der Waals surface area (Å²) >= 11 is 0. The maximum absolute atomic E-state index is 7.04. The molecule has 0 aliphatic rings. The molecule has 0 N–H and O–H groups in total. The zero-order valence-corrected chi connectivity index (χ0v) is 26.2. The predicted molar refractivity (Wildman–Crippen MR) is 202 cm³/mol. The molecular formula is C46H26O3. The summed E-state index contributed by atoms with van der Waals surface area (Å²) in [5.41, 5.74) is 9.68. The van der Waals surface area contributed by atoms with Crippen molar-refractivity contribution in [3.05, 3.63) is 158 Å². The van der Waals surface area contributed by atoms with E-state index in [1.54, 1.807) is 0 Å². The molecule has 3 nitrogen and oxygen atoms in total. The molecule has 0 bridgehead atoms. The molecule has 0 saturated carbocycles. The van der Waals surface area contributed by atoms with Crippen LogP contribution in [0.5, 0.6) is 0 Å². The van der Waals surface area contributed by atoms with Gasteiger partial charge < -0.3 is 13.3 Å². The predicted octanol–water partition coefficient (Wildman–Crippen LogP) is 13.5. The fraction of sp³-hybridized carbons (Fsp3) is 0. The van der Waals surface area contributed by atoms with Crippen LogP contribution in [0.2, 0.25) is 0 Å². The molecule has 0 atom stereocenters. The summed E-state index contributed by atoms with van der Waals surface area (Å²) < 4.78 is 20.3. The molecule has 0 radical (unpaired) electrons. The molecule has 49 heavy (non-hydrogen) atoms. The molecule has 8 aromatic carbocycles. The second kappa shape index (κ2) is 9.96. The summed E-state index contributed by atoms with van der Waals surface area (Å²) in [4.78, 5) is 0. The fourth-order valence-corrected chi connectivity index (χ4v) is 8.03. The fourth-order valence-electron chi connectivity index (χ4n) is 8.03. The number of para-hydroxylation sites is 3. The topological polar surface area (TPSA) is 39.4 Å². The van der Waals surface area contributed by atoms with Crippen LogP contribution in [0, 0.1) is 0 Å². The Kier molecular flexibility index (Phi) is 5.38. The van der Waals surface area contributed by atoms with Crippen LogP contribution in [-0.4, -0.2) is 0 Å². The first kappa shape index (κ1) is 26.5. The van der Waals surface area contributed by atoms with Gasteiger partial charge in [0.2, 0.25) is 0 Å². The highest BCUT2D eigenvalue weighted by Crippen LogP contribution is 2.51. The third-order valence-electron chi connectivity index (χ3n) is 10.1. The highest BCUT2D eigenvalue weighted by Gasteiger charge is 2.27. The van der Waals surface area contributed by atoms with Crippen molar-refractivity contribution in [1.82, 2.24) is 0 Å². The van der Waals surface area contributed by atoms with Crippen LogP contribution in [0.3, 0.4) is 0 Å². The lowest BCUT2D eigenvalue weighted by molar-refractivity contribution is 0.633. The van der Waals surface area contributed by atoms with Gasteiger partial charge in [-0.3, -0.25) is 0 Å². The second-order valence-electron chi connectivity index (χ2n) is 12.7. The highest BCUT2D eigenvalue weighted by molar-refractivity contribution is 6.27. The van der Waals surface area contributed by atoms with E-state index >= 15 is 0 Å². The third kappa shape index (κ3) is 3.67. The van der Waals surface area contributed by atoms with Gasteiger partial charge in [0.1, 0.15) is 33.7 Å². The van der Waals surface area contributed by atoms with Gasteiger partial charge in [-0.25, -0.2) is 0 Å².